The number of ether oxygens (including phenoxy) is 4. The molecule has 0 fully saturated rings. The van der Waals surface area contributed by atoms with Gasteiger partial charge in [-0.25, -0.2) is 0 Å². The summed E-state index contributed by atoms with van der Waals surface area (Å²) in [6.45, 7) is 1.73. The molecule has 0 bridgehead atoms. The molecule has 8 nitrogen and oxygen atoms in total. The molecule has 28 heavy (non-hydrogen) atoms. The van der Waals surface area contributed by atoms with E-state index in [0.29, 0.717) is 35.0 Å². The number of amides is 1. The van der Waals surface area contributed by atoms with Crippen LogP contribution >= 0.6 is 0 Å². The molecule has 1 amide bonds. The normalized spacial score (nSPS) is 11.6. The quantitative estimate of drug-likeness (QED) is 0.548. The second kappa shape index (κ2) is 8.90. The Morgan fingerprint density at radius 2 is 1.71 bits per heavy atom. The Morgan fingerprint density at radius 3 is 2.46 bits per heavy atom. The van der Waals surface area contributed by atoms with Gasteiger partial charge in [-0.2, -0.15) is 0 Å². The fraction of sp³-hybridized carbons (Fsp3) is 0.250. The number of esters is 1. The first-order valence-corrected chi connectivity index (χ1v) is 8.66. The summed E-state index contributed by atoms with van der Waals surface area (Å²) in [5, 5.41) is 2.44. The topological polar surface area (TPSA) is 100 Å². The van der Waals surface area contributed by atoms with Gasteiger partial charge in [0.1, 0.15) is 12.3 Å². The third-order valence-corrected chi connectivity index (χ3v) is 3.88. The Hall–Kier alpha value is -3.55. The molecular weight excluding hydrogens is 366 g/mol. The van der Waals surface area contributed by atoms with Gasteiger partial charge < -0.3 is 24.3 Å². The summed E-state index contributed by atoms with van der Waals surface area (Å²) in [4.78, 5) is 35.9. The first kappa shape index (κ1) is 19.2. The van der Waals surface area contributed by atoms with E-state index in [1.807, 2.05) is 6.92 Å². The number of benzene rings is 2. The zero-order chi connectivity index (χ0) is 19.9. The molecule has 2 aromatic carbocycles. The van der Waals surface area contributed by atoms with Gasteiger partial charge in [0.25, 0.3) is 5.91 Å². The molecule has 0 radical (unpaired) electrons. The van der Waals surface area contributed by atoms with E-state index in [-0.39, 0.29) is 19.1 Å². The van der Waals surface area contributed by atoms with Gasteiger partial charge >= 0.3 is 5.97 Å². The van der Waals surface area contributed by atoms with Crippen molar-refractivity contribution in [2.75, 3.05) is 26.6 Å². The predicted octanol–water partition coefficient (Wildman–Crippen LogP) is 1.97. The average Bonchev–Trinajstić information content (AvgIpc) is 3.19. The molecule has 1 N–H and O–H groups in total. The van der Waals surface area contributed by atoms with E-state index in [1.165, 1.54) is 6.07 Å². The van der Waals surface area contributed by atoms with Crippen LogP contribution in [-0.2, 0) is 9.53 Å². The Kier molecular flexibility index (Phi) is 6.11. The van der Waals surface area contributed by atoms with Crippen LogP contribution in [0, 0.1) is 0 Å². The summed E-state index contributed by atoms with van der Waals surface area (Å²) >= 11 is 0. The van der Waals surface area contributed by atoms with Crippen molar-refractivity contribution in [2.45, 2.75) is 6.92 Å². The van der Waals surface area contributed by atoms with Gasteiger partial charge in [-0.1, -0.05) is 0 Å². The molecule has 1 aliphatic rings. The minimum Gasteiger partial charge on any atom is -0.494 e. The van der Waals surface area contributed by atoms with E-state index in [2.05, 4.69) is 5.32 Å². The smallest absolute Gasteiger partial charge is 0.325 e. The van der Waals surface area contributed by atoms with Gasteiger partial charge in [-0.3, -0.25) is 14.4 Å². The van der Waals surface area contributed by atoms with Crippen LogP contribution in [0.3, 0.4) is 0 Å². The Labute approximate surface area is 161 Å². The van der Waals surface area contributed by atoms with E-state index < -0.39 is 18.5 Å². The SMILES string of the molecule is CCOc1ccc(C(=O)COC(=O)CNC(=O)c2ccc3c(c2)OCO3)cc1. The molecule has 0 saturated heterocycles. The first-order chi connectivity index (χ1) is 13.6. The van der Waals surface area contributed by atoms with Crippen LogP contribution in [0.25, 0.3) is 0 Å². The van der Waals surface area contributed by atoms with Gasteiger partial charge in [0, 0.05) is 11.1 Å². The lowest BCUT2D eigenvalue weighted by atomic mass is 10.1. The molecule has 0 spiro atoms. The number of hydrogen-bond acceptors (Lipinski definition) is 7. The van der Waals surface area contributed by atoms with Crippen LogP contribution in [0.5, 0.6) is 17.2 Å². The predicted molar refractivity (Wildman–Crippen MR) is 97.8 cm³/mol. The van der Waals surface area contributed by atoms with Gasteiger partial charge in [-0.15, -0.1) is 0 Å². The monoisotopic (exact) mass is 385 g/mol. The largest absolute Gasteiger partial charge is 0.494 e. The van der Waals surface area contributed by atoms with Crippen LogP contribution in [0.1, 0.15) is 27.6 Å². The second-order valence-electron chi connectivity index (χ2n) is 5.79. The van der Waals surface area contributed by atoms with E-state index >= 15 is 0 Å². The summed E-state index contributed by atoms with van der Waals surface area (Å²) in [6.07, 6.45) is 0. The molecular formula is C20H19NO7. The van der Waals surface area contributed by atoms with E-state index in [0.717, 1.165) is 0 Å². The molecule has 1 aliphatic heterocycles. The van der Waals surface area contributed by atoms with Crippen LogP contribution in [0.2, 0.25) is 0 Å². The lowest BCUT2D eigenvalue weighted by Gasteiger charge is -2.07. The molecule has 0 aromatic heterocycles. The fourth-order valence-corrected chi connectivity index (χ4v) is 2.48. The van der Waals surface area contributed by atoms with E-state index in [1.54, 1.807) is 36.4 Å². The second-order valence-corrected chi connectivity index (χ2v) is 5.79. The maximum Gasteiger partial charge on any atom is 0.325 e. The molecule has 1 heterocycles. The highest BCUT2D eigenvalue weighted by Crippen LogP contribution is 2.32. The van der Waals surface area contributed by atoms with Crippen molar-refractivity contribution in [1.82, 2.24) is 5.32 Å². The number of ketones is 1. The Bertz CT molecular complexity index is 877. The highest BCUT2D eigenvalue weighted by molar-refractivity contribution is 5.99. The molecule has 146 valence electrons. The van der Waals surface area contributed by atoms with Crippen molar-refractivity contribution in [1.29, 1.82) is 0 Å². The van der Waals surface area contributed by atoms with Crippen LogP contribution in [0.4, 0.5) is 0 Å². The van der Waals surface area contributed by atoms with Crippen LogP contribution in [0.15, 0.2) is 42.5 Å². The lowest BCUT2D eigenvalue weighted by Crippen LogP contribution is -2.31. The number of hydrogen-bond donors (Lipinski definition) is 1. The van der Waals surface area contributed by atoms with E-state index in [9.17, 15) is 14.4 Å². The first-order valence-electron chi connectivity index (χ1n) is 8.66. The number of Topliss-reactive ketones (excluding diaryl/α,β-unsaturated/α-hetero) is 1. The molecule has 0 atom stereocenters. The highest BCUT2D eigenvalue weighted by Gasteiger charge is 2.17. The number of rotatable bonds is 8. The summed E-state index contributed by atoms with van der Waals surface area (Å²) < 4.78 is 20.6. The zero-order valence-corrected chi connectivity index (χ0v) is 15.2. The summed E-state index contributed by atoms with van der Waals surface area (Å²) in [5.41, 5.74) is 0.725. The molecule has 8 heteroatoms. The highest BCUT2D eigenvalue weighted by atomic mass is 16.7. The van der Waals surface area contributed by atoms with Gasteiger partial charge in [0.2, 0.25) is 6.79 Å². The minimum atomic E-state index is -0.714. The average molecular weight is 385 g/mol. The standard InChI is InChI=1S/C20H19NO7/c1-2-25-15-6-3-13(4-7-15)16(22)11-26-19(23)10-21-20(24)14-5-8-17-18(9-14)28-12-27-17/h3-9H,2,10-12H2,1H3,(H,21,24). The Morgan fingerprint density at radius 1 is 1.00 bits per heavy atom. The van der Waals surface area contributed by atoms with Crippen molar-refractivity contribution in [3.8, 4) is 17.2 Å². The lowest BCUT2D eigenvalue weighted by molar-refractivity contribution is -0.141. The summed E-state index contributed by atoms with van der Waals surface area (Å²) in [7, 11) is 0. The summed E-state index contributed by atoms with van der Waals surface area (Å²) in [6, 6.07) is 11.2. The maximum atomic E-state index is 12.1. The summed E-state index contributed by atoms with van der Waals surface area (Å²) in [5.74, 6) is 0.155. The number of fused-ring (bicyclic) bond motifs is 1. The third kappa shape index (κ3) is 4.79. The van der Waals surface area contributed by atoms with Gasteiger partial charge in [0.05, 0.1) is 6.61 Å². The number of carbonyl (C=O) groups is 3. The minimum absolute atomic E-state index is 0.106. The van der Waals surface area contributed by atoms with Crippen molar-refractivity contribution in [2.24, 2.45) is 0 Å². The number of nitrogens with one attached hydrogen (secondary N) is 1. The molecule has 0 aliphatic carbocycles. The maximum absolute atomic E-state index is 12.1. The van der Waals surface area contributed by atoms with Crippen molar-refractivity contribution in [3.63, 3.8) is 0 Å². The van der Waals surface area contributed by atoms with Crippen molar-refractivity contribution >= 4 is 17.7 Å². The van der Waals surface area contributed by atoms with Crippen molar-refractivity contribution in [3.05, 3.63) is 53.6 Å². The zero-order valence-electron chi connectivity index (χ0n) is 15.2. The van der Waals surface area contributed by atoms with Crippen LogP contribution in [-0.4, -0.2) is 44.2 Å². The van der Waals surface area contributed by atoms with Crippen molar-refractivity contribution < 1.29 is 33.3 Å². The molecule has 0 unspecified atom stereocenters. The molecule has 2 aromatic rings. The fourth-order valence-electron chi connectivity index (χ4n) is 2.48. The molecule has 0 saturated carbocycles. The number of carbonyl (C=O) groups excluding carboxylic acids is 3. The van der Waals surface area contributed by atoms with E-state index in [4.69, 9.17) is 18.9 Å². The van der Waals surface area contributed by atoms with Gasteiger partial charge in [-0.05, 0) is 49.4 Å². The van der Waals surface area contributed by atoms with Crippen LogP contribution < -0.4 is 19.5 Å². The third-order valence-electron chi connectivity index (χ3n) is 3.88. The van der Waals surface area contributed by atoms with Gasteiger partial charge in [0.15, 0.2) is 23.9 Å². The molecule has 3 rings (SSSR count). The Balaban J connectivity index is 1.44.